The lowest BCUT2D eigenvalue weighted by atomic mass is 10.1. The molecule has 2 heterocycles. The summed E-state index contributed by atoms with van der Waals surface area (Å²) < 4.78 is 0. The zero-order valence-electron chi connectivity index (χ0n) is 10.2. The molecule has 96 valence electrons. The molecular weight excluding hydrogens is 258 g/mol. The van der Waals surface area contributed by atoms with Gasteiger partial charge in [-0.1, -0.05) is 12.1 Å². The maximum atomic E-state index is 5.66. The minimum absolute atomic E-state index is 0.789. The van der Waals surface area contributed by atoms with Crippen molar-refractivity contribution < 1.29 is 0 Å². The number of hydrogen-bond donors (Lipinski definition) is 2. The van der Waals surface area contributed by atoms with Crippen LogP contribution >= 0.6 is 11.3 Å². The second kappa shape index (κ2) is 5.19. The zero-order chi connectivity index (χ0) is 13.1. The Morgan fingerprint density at radius 3 is 2.79 bits per heavy atom. The van der Waals surface area contributed by atoms with E-state index in [1.165, 1.54) is 16.9 Å². The van der Waals surface area contributed by atoms with Crippen molar-refractivity contribution in [3.8, 4) is 0 Å². The van der Waals surface area contributed by atoms with Crippen molar-refractivity contribution in [3.63, 3.8) is 0 Å². The highest BCUT2D eigenvalue weighted by atomic mass is 32.1. The molecule has 0 saturated carbocycles. The predicted molar refractivity (Wildman–Crippen MR) is 78.3 cm³/mol. The van der Waals surface area contributed by atoms with E-state index in [-0.39, 0.29) is 0 Å². The van der Waals surface area contributed by atoms with Gasteiger partial charge in [0.05, 0.1) is 5.51 Å². The van der Waals surface area contributed by atoms with Crippen LogP contribution in [0.5, 0.6) is 0 Å². The Bertz CT molecular complexity index is 677. The Hall–Kier alpha value is -2.21. The highest BCUT2D eigenvalue weighted by Gasteiger charge is 2.05. The van der Waals surface area contributed by atoms with Gasteiger partial charge in [0.2, 0.25) is 0 Å². The first-order valence-corrected chi connectivity index (χ1v) is 6.83. The lowest BCUT2D eigenvalue weighted by molar-refractivity contribution is 1.01. The fourth-order valence-corrected chi connectivity index (χ4v) is 2.46. The molecule has 0 aliphatic rings. The molecular formula is C13H13N5S. The van der Waals surface area contributed by atoms with E-state index in [2.05, 4.69) is 20.3 Å². The van der Waals surface area contributed by atoms with Gasteiger partial charge in [-0.05, 0) is 24.1 Å². The number of fused-ring (bicyclic) bond motifs is 1. The van der Waals surface area contributed by atoms with E-state index >= 15 is 0 Å². The summed E-state index contributed by atoms with van der Waals surface area (Å²) in [7, 11) is 0. The van der Waals surface area contributed by atoms with Crippen LogP contribution < -0.4 is 11.1 Å². The molecule has 0 radical (unpaired) electrons. The third-order valence-electron chi connectivity index (χ3n) is 2.82. The lowest BCUT2D eigenvalue weighted by Gasteiger charge is -2.06. The zero-order valence-corrected chi connectivity index (χ0v) is 11.0. The minimum Gasteiger partial charge on any atom is -0.399 e. The molecule has 19 heavy (non-hydrogen) atoms. The summed E-state index contributed by atoms with van der Waals surface area (Å²) >= 11 is 1.52. The SMILES string of the molecule is Nc1ccc(CCNc2ncnc3scnc23)cc1. The smallest absolute Gasteiger partial charge is 0.156 e. The summed E-state index contributed by atoms with van der Waals surface area (Å²) in [5, 5.41) is 3.30. The van der Waals surface area contributed by atoms with Gasteiger partial charge in [-0.3, -0.25) is 0 Å². The number of nitrogen functional groups attached to an aromatic ring is 1. The number of rotatable bonds is 4. The lowest BCUT2D eigenvalue weighted by Crippen LogP contribution is -2.07. The van der Waals surface area contributed by atoms with Crippen molar-refractivity contribution >= 4 is 33.2 Å². The molecule has 1 aromatic carbocycles. The Balaban J connectivity index is 1.66. The Kier molecular flexibility index (Phi) is 3.24. The highest BCUT2D eigenvalue weighted by Crippen LogP contribution is 2.20. The van der Waals surface area contributed by atoms with E-state index in [1.807, 2.05) is 24.3 Å². The van der Waals surface area contributed by atoms with E-state index in [0.717, 1.165) is 34.8 Å². The quantitative estimate of drug-likeness (QED) is 0.712. The minimum atomic E-state index is 0.789. The number of anilines is 2. The molecule has 0 bridgehead atoms. The molecule has 0 fully saturated rings. The van der Waals surface area contributed by atoms with Gasteiger partial charge in [0.1, 0.15) is 16.7 Å². The number of nitrogens with two attached hydrogens (primary N) is 1. The number of thiazole rings is 1. The second-order valence-corrected chi connectivity index (χ2v) is 4.98. The molecule has 0 amide bonds. The summed E-state index contributed by atoms with van der Waals surface area (Å²) in [5.41, 5.74) is 10.3. The number of hydrogen-bond acceptors (Lipinski definition) is 6. The fourth-order valence-electron chi connectivity index (χ4n) is 1.83. The normalized spacial score (nSPS) is 10.7. The molecule has 3 N–H and O–H groups in total. The molecule has 0 saturated heterocycles. The first kappa shape index (κ1) is 11.9. The van der Waals surface area contributed by atoms with Gasteiger partial charge in [0.15, 0.2) is 5.82 Å². The fraction of sp³-hybridized carbons (Fsp3) is 0.154. The number of nitrogens with zero attached hydrogens (tertiary/aromatic N) is 3. The molecule has 0 unspecified atom stereocenters. The Morgan fingerprint density at radius 2 is 1.95 bits per heavy atom. The van der Waals surface area contributed by atoms with Gasteiger partial charge in [0.25, 0.3) is 0 Å². The Labute approximate surface area is 114 Å². The molecule has 3 aromatic rings. The van der Waals surface area contributed by atoms with Crippen LogP contribution in [0.15, 0.2) is 36.1 Å². The maximum absolute atomic E-state index is 5.66. The number of benzene rings is 1. The van der Waals surface area contributed by atoms with E-state index in [1.54, 1.807) is 11.8 Å². The third-order valence-corrected chi connectivity index (χ3v) is 3.55. The van der Waals surface area contributed by atoms with Crippen molar-refractivity contribution in [3.05, 3.63) is 41.7 Å². The van der Waals surface area contributed by atoms with Crippen LogP contribution in [0.4, 0.5) is 11.5 Å². The molecule has 0 atom stereocenters. The van der Waals surface area contributed by atoms with Crippen molar-refractivity contribution in [2.45, 2.75) is 6.42 Å². The van der Waals surface area contributed by atoms with E-state index in [9.17, 15) is 0 Å². The van der Waals surface area contributed by atoms with Crippen molar-refractivity contribution in [2.24, 2.45) is 0 Å². The van der Waals surface area contributed by atoms with Gasteiger partial charge >= 0.3 is 0 Å². The monoisotopic (exact) mass is 271 g/mol. The average Bonchev–Trinajstić information content (AvgIpc) is 2.90. The molecule has 5 nitrogen and oxygen atoms in total. The van der Waals surface area contributed by atoms with Crippen molar-refractivity contribution in [2.75, 3.05) is 17.6 Å². The second-order valence-electron chi connectivity index (χ2n) is 4.15. The first-order chi connectivity index (χ1) is 9.33. The van der Waals surface area contributed by atoms with Crippen LogP contribution in [0.1, 0.15) is 5.56 Å². The molecule has 3 rings (SSSR count). The highest BCUT2D eigenvalue weighted by molar-refractivity contribution is 7.16. The van der Waals surface area contributed by atoms with Crippen LogP contribution in [0.25, 0.3) is 10.3 Å². The van der Waals surface area contributed by atoms with Crippen LogP contribution in [0, 0.1) is 0 Å². The van der Waals surface area contributed by atoms with Crippen molar-refractivity contribution in [1.82, 2.24) is 15.0 Å². The third kappa shape index (κ3) is 2.63. The maximum Gasteiger partial charge on any atom is 0.156 e. The summed E-state index contributed by atoms with van der Waals surface area (Å²) in [4.78, 5) is 13.6. The predicted octanol–water partition coefficient (Wildman–Crippen LogP) is 2.32. The average molecular weight is 271 g/mol. The largest absolute Gasteiger partial charge is 0.399 e. The van der Waals surface area contributed by atoms with Crippen LogP contribution in [-0.4, -0.2) is 21.5 Å². The molecule has 0 aliphatic heterocycles. The standard InChI is InChI=1S/C13H13N5S/c14-10-3-1-9(2-4-10)5-6-15-12-11-13(17-7-16-12)19-8-18-11/h1-4,7-8H,5-6,14H2,(H,15,16,17). The molecule has 0 spiro atoms. The van der Waals surface area contributed by atoms with Gasteiger partial charge in [-0.25, -0.2) is 15.0 Å². The van der Waals surface area contributed by atoms with E-state index in [0.29, 0.717) is 0 Å². The van der Waals surface area contributed by atoms with Gasteiger partial charge in [-0.15, -0.1) is 11.3 Å². The first-order valence-electron chi connectivity index (χ1n) is 5.95. The van der Waals surface area contributed by atoms with Crippen molar-refractivity contribution in [1.29, 1.82) is 0 Å². The summed E-state index contributed by atoms with van der Waals surface area (Å²) in [6.45, 7) is 0.799. The van der Waals surface area contributed by atoms with Gasteiger partial charge < -0.3 is 11.1 Å². The summed E-state index contributed by atoms with van der Waals surface area (Å²) in [5.74, 6) is 0.793. The van der Waals surface area contributed by atoms with E-state index < -0.39 is 0 Å². The molecule has 0 aliphatic carbocycles. The van der Waals surface area contributed by atoms with Crippen LogP contribution in [0.2, 0.25) is 0 Å². The number of aromatic nitrogens is 3. The van der Waals surface area contributed by atoms with Gasteiger partial charge in [-0.2, -0.15) is 0 Å². The summed E-state index contributed by atoms with van der Waals surface area (Å²) in [6.07, 6.45) is 2.47. The molecule has 2 aromatic heterocycles. The van der Waals surface area contributed by atoms with Crippen LogP contribution in [0.3, 0.4) is 0 Å². The van der Waals surface area contributed by atoms with Crippen LogP contribution in [-0.2, 0) is 6.42 Å². The Morgan fingerprint density at radius 1 is 1.11 bits per heavy atom. The topological polar surface area (TPSA) is 76.7 Å². The summed E-state index contributed by atoms with van der Waals surface area (Å²) in [6, 6.07) is 7.90. The van der Waals surface area contributed by atoms with Gasteiger partial charge in [0, 0.05) is 12.2 Å². The van der Waals surface area contributed by atoms with E-state index in [4.69, 9.17) is 5.73 Å². The number of nitrogens with one attached hydrogen (secondary N) is 1. The molecule has 6 heteroatoms.